The standard InChI is InChI=1S/C22H22F3N3O4/c1-12(14-4-6-15(7-5-14)21(30)31)26-19(29)18-13(2)27-28(3)20(18)32-17-10-8-16(9-11-17)22(23,24)25/h4-12,18,20H,1-3H3,(H,26,29)(H,30,31)/t12-,18?,20?/m0/s1. The van der Waals surface area contributed by atoms with Gasteiger partial charge in [0.25, 0.3) is 0 Å². The van der Waals surface area contributed by atoms with Gasteiger partial charge in [-0.25, -0.2) is 4.79 Å². The number of amides is 1. The molecule has 0 radical (unpaired) electrons. The molecule has 2 N–H and O–H groups in total. The van der Waals surface area contributed by atoms with Gasteiger partial charge in [0.1, 0.15) is 11.7 Å². The molecule has 1 aliphatic rings. The molecule has 10 heteroatoms. The van der Waals surface area contributed by atoms with Gasteiger partial charge in [-0.1, -0.05) is 12.1 Å². The van der Waals surface area contributed by atoms with Gasteiger partial charge < -0.3 is 15.2 Å². The van der Waals surface area contributed by atoms with Crippen LogP contribution >= 0.6 is 0 Å². The van der Waals surface area contributed by atoms with Gasteiger partial charge in [0.05, 0.1) is 22.9 Å². The molecular weight excluding hydrogens is 427 g/mol. The molecule has 0 spiro atoms. The van der Waals surface area contributed by atoms with Crippen LogP contribution in [-0.4, -0.2) is 41.0 Å². The normalized spacial score (nSPS) is 19.3. The predicted molar refractivity (Wildman–Crippen MR) is 110 cm³/mol. The summed E-state index contributed by atoms with van der Waals surface area (Å²) in [5, 5.41) is 17.6. The molecule has 1 aliphatic heterocycles. The Hall–Kier alpha value is -3.56. The van der Waals surface area contributed by atoms with Crippen LogP contribution in [0.2, 0.25) is 0 Å². The summed E-state index contributed by atoms with van der Waals surface area (Å²) in [7, 11) is 1.61. The van der Waals surface area contributed by atoms with Crippen molar-refractivity contribution < 1.29 is 32.6 Å². The van der Waals surface area contributed by atoms with Crippen LogP contribution in [-0.2, 0) is 11.0 Å². The van der Waals surface area contributed by atoms with Crippen molar-refractivity contribution in [1.29, 1.82) is 0 Å². The maximum atomic E-state index is 13.0. The summed E-state index contributed by atoms with van der Waals surface area (Å²) in [6.07, 6.45) is -5.29. The zero-order chi connectivity index (χ0) is 23.6. The second-order valence-electron chi connectivity index (χ2n) is 7.48. The fourth-order valence-corrected chi connectivity index (χ4v) is 3.42. The van der Waals surface area contributed by atoms with E-state index < -0.39 is 35.9 Å². The van der Waals surface area contributed by atoms with E-state index in [0.717, 1.165) is 12.1 Å². The summed E-state index contributed by atoms with van der Waals surface area (Å²) < 4.78 is 44.1. The number of alkyl halides is 3. The fraction of sp³-hybridized carbons (Fsp3) is 0.318. The van der Waals surface area contributed by atoms with Gasteiger partial charge in [0, 0.05) is 7.05 Å². The lowest BCUT2D eigenvalue weighted by atomic mass is 10.0. The summed E-state index contributed by atoms with van der Waals surface area (Å²) >= 11 is 0. The Morgan fingerprint density at radius 2 is 1.72 bits per heavy atom. The van der Waals surface area contributed by atoms with Gasteiger partial charge in [-0.15, -0.1) is 0 Å². The predicted octanol–water partition coefficient (Wildman–Crippen LogP) is 3.92. The molecule has 7 nitrogen and oxygen atoms in total. The van der Waals surface area contributed by atoms with Crippen LogP contribution < -0.4 is 10.1 Å². The molecule has 0 aromatic heterocycles. The lowest BCUT2D eigenvalue weighted by Crippen LogP contribution is -2.45. The highest BCUT2D eigenvalue weighted by molar-refractivity contribution is 6.04. The summed E-state index contributed by atoms with van der Waals surface area (Å²) in [6, 6.07) is 9.94. The van der Waals surface area contributed by atoms with Gasteiger partial charge in [0.2, 0.25) is 12.1 Å². The van der Waals surface area contributed by atoms with E-state index in [1.807, 2.05) is 0 Å². The number of carboxylic acid groups (broad SMARTS) is 1. The summed E-state index contributed by atoms with van der Waals surface area (Å²) in [5.74, 6) is -2.03. The minimum atomic E-state index is -4.45. The molecule has 32 heavy (non-hydrogen) atoms. The molecule has 0 saturated heterocycles. The van der Waals surface area contributed by atoms with E-state index in [4.69, 9.17) is 9.84 Å². The Balaban J connectivity index is 1.72. The van der Waals surface area contributed by atoms with Gasteiger partial charge >= 0.3 is 12.1 Å². The zero-order valence-electron chi connectivity index (χ0n) is 17.6. The first-order valence-corrected chi connectivity index (χ1v) is 9.73. The van der Waals surface area contributed by atoms with Crippen molar-refractivity contribution in [3.63, 3.8) is 0 Å². The lowest BCUT2D eigenvalue weighted by Gasteiger charge is -2.26. The Morgan fingerprint density at radius 3 is 2.25 bits per heavy atom. The monoisotopic (exact) mass is 449 g/mol. The van der Waals surface area contributed by atoms with E-state index in [-0.39, 0.29) is 17.2 Å². The number of nitrogens with zero attached hydrogens (tertiary/aromatic N) is 2. The first kappa shape index (κ1) is 23.1. The number of carboxylic acids is 1. The number of hydrogen-bond acceptors (Lipinski definition) is 5. The molecule has 2 aromatic rings. The van der Waals surface area contributed by atoms with Crippen LogP contribution in [0.4, 0.5) is 13.2 Å². The van der Waals surface area contributed by atoms with Crippen LogP contribution in [0.1, 0.15) is 41.4 Å². The number of benzene rings is 2. The SMILES string of the molecule is CC1=NN(C)C(Oc2ccc(C(F)(F)F)cc2)C1C(=O)N[C@@H](C)c1ccc(C(=O)O)cc1. The second-order valence-corrected chi connectivity index (χ2v) is 7.48. The first-order valence-electron chi connectivity index (χ1n) is 9.73. The van der Waals surface area contributed by atoms with Crippen molar-refractivity contribution >= 4 is 17.6 Å². The van der Waals surface area contributed by atoms with Crippen LogP contribution in [0.3, 0.4) is 0 Å². The molecular formula is C22H22F3N3O4. The van der Waals surface area contributed by atoms with Crippen LogP contribution in [0.15, 0.2) is 53.6 Å². The third-order valence-electron chi connectivity index (χ3n) is 5.16. The number of rotatable bonds is 6. The molecule has 0 aliphatic carbocycles. The van der Waals surface area contributed by atoms with Crippen molar-refractivity contribution in [3.05, 3.63) is 65.2 Å². The van der Waals surface area contributed by atoms with Crippen LogP contribution in [0.25, 0.3) is 0 Å². The highest BCUT2D eigenvalue weighted by atomic mass is 19.4. The number of hydrazone groups is 1. The van der Waals surface area contributed by atoms with Gasteiger partial charge in [-0.05, 0) is 55.8 Å². The topological polar surface area (TPSA) is 91.2 Å². The summed E-state index contributed by atoms with van der Waals surface area (Å²) in [6.45, 7) is 3.42. The highest BCUT2D eigenvalue weighted by Gasteiger charge is 2.41. The maximum Gasteiger partial charge on any atom is 0.416 e. The molecule has 0 bridgehead atoms. The molecule has 0 fully saturated rings. The van der Waals surface area contributed by atoms with Crippen molar-refractivity contribution in [2.24, 2.45) is 11.0 Å². The van der Waals surface area contributed by atoms with Crippen molar-refractivity contribution in [1.82, 2.24) is 10.3 Å². The molecule has 3 rings (SSSR count). The van der Waals surface area contributed by atoms with E-state index in [1.165, 1.54) is 29.3 Å². The second kappa shape index (κ2) is 8.89. The quantitative estimate of drug-likeness (QED) is 0.698. The Morgan fingerprint density at radius 1 is 1.12 bits per heavy atom. The summed E-state index contributed by atoms with van der Waals surface area (Å²) in [5.41, 5.74) is 0.548. The van der Waals surface area contributed by atoms with Gasteiger partial charge in [0.15, 0.2) is 0 Å². The van der Waals surface area contributed by atoms with E-state index in [0.29, 0.717) is 11.3 Å². The van der Waals surface area contributed by atoms with Gasteiger partial charge in [-0.2, -0.15) is 18.3 Å². The molecule has 0 saturated carbocycles. The fourth-order valence-electron chi connectivity index (χ4n) is 3.42. The number of nitrogens with one attached hydrogen (secondary N) is 1. The van der Waals surface area contributed by atoms with Crippen LogP contribution in [0.5, 0.6) is 5.75 Å². The average molecular weight is 449 g/mol. The smallest absolute Gasteiger partial charge is 0.416 e. The van der Waals surface area contributed by atoms with Crippen molar-refractivity contribution in [2.45, 2.75) is 32.3 Å². The minimum Gasteiger partial charge on any atom is -0.478 e. The zero-order valence-corrected chi connectivity index (χ0v) is 17.6. The van der Waals surface area contributed by atoms with E-state index >= 15 is 0 Å². The molecule has 2 unspecified atom stereocenters. The number of aromatic carboxylic acids is 1. The molecule has 2 aromatic carbocycles. The third-order valence-corrected chi connectivity index (χ3v) is 5.16. The first-order chi connectivity index (χ1) is 15.0. The highest BCUT2D eigenvalue weighted by Crippen LogP contribution is 2.31. The third kappa shape index (κ3) is 5.01. The molecule has 3 atom stereocenters. The van der Waals surface area contributed by atoms with E-state index in [2.05, 4.69) is 10.4 Å². The Labute approximate surface area is 182 Å². The number of carbonyl (C=O) groups excluding carboxylic acids is 1. The molecule has 170 valence electrons. The van der Waals surface area contributed by atoms with E-state index in [9.17, 15) is 22.8 Å². The molecule has 1 heterocycles. The largest absolute Gasteiger partial charge is 0.478 e. The maximum absolute atomic E-state index is 13.0. The van der Waals surface area contributed by atoms with Crippen molar-refractivity contribution in [2.75, 3.05) is 7.05 Å². The van der Waals surface area contributed by atoms with E-state index in [1.54, 1.807) is 33.0 Å². The Kier molecular flexibility index (Phi) is 6.42. The Bertz CT molecular complexity index is 1020. The number of carbonyl (C=O) groups is 2. The number of hydrogen-bond donors (Lipinski definition) is 2. The van der Waals surface area contributed by atoms with Crippen LogP contribution in [0, 0.1) is 5.92 Å². The number of halogens is 3. The number of ether oxygens (including phenoxy) is 1. The van der Waals surface area contributed by atoms with Gasteiger partial charge in [-0.3, -0.25) is 9.80 Å². The molecule has 1 amide bonds. The summed E-state index contributed by atoms with van der Waals surface area (Å²) in [4.78, 5) is 24.0. The lowest BCUT2D eigenvalue weighted by molar-refractivity contribution is -0.137. The minimum absolute atomic E-state index is 0.137. The average Bonchev–Trinajstić information content (AvgIpc) is 3.00. The van der Waals surface area contributed by atoms with Crippen molar-refractivity contribution in [3.8, 4) is 5.75 Å².